The van der Waals surface area contributed by atoms with Crippen molar-refractivity contribution in [1.29, 1.82) is 0 Å². The Morgan fingerprint density at radius 3 is 2.78 bits per heavy atom. The second-order valence-electron chi connectivity index (χ2n) is 3.86. The average molecular weight is 247 g/mol. The molecule has 18 heavy (non-hydrogen) atoms. The molecule has 0 atom stereocenters. The van der Waals surface area contributed by atoms with E-state index in [2.05, 4.69) is 20.1 Å². The molecule has 3 rings (SSSR count). The zero-order valence-corrected chi connectivity index (χ0v) is 9.63. The Bertz CT molecular complexity index is 751. The summed E-state index contributed by atoms with van der Waals surface area (Å²) in [6.45, 7) is 3.40. The van der Waals surface area contributed by atoms with Crippen LogP contribution in [0.4, 0.5) is 0 Å². The number of H-pyrrole nitrogens is 1. The van der Waals surface area contributed by atoms with Crippen LogP contribution >= 0.6 is 0 Å². The summed E-state index contributed by atoms with van der Waals surface area (Å²) in [5, 5.41) is 12.6. The molecule has 8 heteroatoms. The van der Waals surface area contributed by atoms with Crippen molar-refractivity contribution >= 4 is 11.7 Å². The lowest BCUT2D eigenvalue weighted by Gasteiger charge is -1.90. The van der Waals surface area contributed by atoms with E-state index in [1.165, 1.54) is 0 Å². The van der Waals surface area contributed by atoms with E-state index >= 15 is 0 Å². The molecule has 0 aliphatic heterocycles. The Labute approximate surface area is 100 Å². The molecule has 0 bridgehead atoms. The van der Waals surface area contributed by atoms with Gasteiger partial charge in [-0.3, -0.25) is 4.40 Å². The van der Waals surface area contributed by atoms with Gasteiger partial charge < -0.3 is 14.6 Å². The second kappa shape index (κ2) is 3.42. The number of nitrogens with one attached hydrogen (secondary N) is 1. The fourth-order valence-electron chi connectivity index (χ4n) is 1.76. The lowest BCUT2D eigenvalue weighted by molar-refractivity contribution is 0.0690. The first-order chi connectivity index (χ1) is 8.56. The third-order valence-electron chi connectivity index (χ3n) is 2.62. The van der Waals surface area contributed by atoms with Crippen LogP contribution in [-0.2, 0) is 0 Å². The highest BCUT2D eigenvalue weighted by Crippen LogP contribution is 2.19. The van der Waals surface area contributed by atoms with Crippen LogP contribution in [0.5, 0.6) is 0 Å². The number of aromatic amines is 1. The molecule has 8 nitrogen and oxygen atoms in total. The van der Waals surface area contributed by atoms with Gasteiger partial charge in [-0.2, -0.15) is 4.98 Å². The summed E-state index contributed by atoms with van der Waals surface area (Å²) in [6, 6.07) is 0. The molecule has 0 aliphatic carbocycles. The number of carbonyl (C=O) groups is 1. The fraction of sp³-hybridized carbons (Fsp3) is 0.200. The molecule has 0 aromatic carbocycles. The summed E-state index contributed by atoms with van der Waals surface area (Å²) in [5.41, 5.74) is 1.16. The monoisotopic (exact) mass is 247 g/mol. The predicted octanol–water partition coefficient (Wildman–Crippen LogP) is 1.03. The Morgan fingerprint density at radius 1 is 1.44 bits per heavy atom. The minimum atomic E-state index is -1.06. The predicted molar refractivity (Wildman–Crippen MR) is 59.3 cm³/mol. The maximum Gasteiger partial charge on any atom is 0.356 e. The number of carboxylic acid groups (broad SMARTS) is 1. The van der Waals surface area contributed by atoms with Crippen molar-refractivity contribution in [2.45, 2.75) is 13.8 Å². The van der Waals surface area contributed by atoms with Crippen molar-refractivity contribution in [3.05, 3.63) is 23.4 Å². The molecule has 92 valence electrons. The minimum absolute atomic E-state index is 0.0227. The number of fused-ring (bicyclic) bond motifs is 1. The molecule has 0 spiro atoms. The molecule has 0 radical (unpaired) electrons. The largest absolute Gasteiger partial charge is 0.476 e. The van der Waals surface area contributed by atoms with Gasteiger partial charge in [0.1, 0.15) is 5.69 Å². The first-order valence-electron chi connectivity index (χ1n) is 5.18. The Hall–Kier alpha value is -2.64. The third-order valence-corrected chi connectivity index (χ3v) is 2.62. The molecule has 3 aromatic rings. The molecule has 0 saturated heterocycles. The smallest absolute Gasteiger partial charge is 0.356 e. The van der Waals surface area contributed by atoms with Crippen molar-refractivity contribution in [1.82, 2.24) is 24.5 Å². The first kappa shape index (κ1) is 10.5. The first-order valence-corrected chi connectivity index (χ1v) is 5.18. The quantitative estimate of drug-likeness (QED) is 0.699. The van der Waals surface area contributed by atoms with Gasteiger partial charge in [0.25, 0.3) is 5.89 Å². The van der Waals surface area contributed by atoms with E-state index in [9.17, 15) is 4.79 Å². The summed E-state index contributed by atoms with van der Waals surface area (Å²) < 4.78 is 6.65. The maximum absolute atomic E-state index is 10.9. The van der Waals surface area contributed by atoms with Crippen LogP contribution < -0.4 is 0 Å². The Kier molecular flexibility index (Phi) is 2.00. The highest BCUT2D eigenvalue weighted by atomic mass is 16.5. The molecule has 0 amide bonds. The van der Waals surface area contributed by atoms with Gasteiger partial charge in [0.2, 0.25) is 5.78 Å². The normalized spacial score (nSPS) is 11.2. The average Bonchev–Trinajstić information content (AvgIpc) is 2.95. The molecule has 0 unspecified atom stereocenters. The summed E-state index contributed by atoms with van der Waals surface area (Å²) >= 11 is 0. The number of aromatic nitrogens is 5. The number of nitrogens with zero attached hydrogens (tertiary/aromatic N) is 4. The number of carboxylic acids is 1. The van der Waals surface area contributed by atoms with Gasteiger partial charge in [-0.1, -0.05) is 5.16 Å². The summed E-state index contributed by atoms with van der Waals surface area (Å²) in [6.07, 6.45) is 1.68. The van der Waals surface area contributed by atoms with Gasteiger partial charge in [0, 0.05) is 6.20 Å². The number of imidazole rings is 2. The van der Waals surface area contributed by atoms with Gasteiger partial charge in [-0.25, -0.2) is 9.78 Å². The van der Waals surface area contributed by atoms with E-state index in [0.29, 0.717) is 28.9 Å². The lowest BCUT2D eigenvalue weighted by Crippen LogP contribution is -1.99. The molecule has 2 N–H and O–H groups in total. The van der Waals surface area contributed by atoms with E-state index in [1.807, 2.05) is 0 Å². The molecular weight excluding hydrogens is 238 g/mol. The van der Waals surface area contributed by atoms with Crippen molar-refractivity contribution < 1.29 is 14.4 Å². The third kappa shape index (κ3) is 1.39. The molecule has 0 saturated carbocycles. The van der Waals surface area contributed by atoms with Crippen LogP contribution in [0.2, 0.25) is 0 Å². The van der Waals surface area contributed by atoms with Crippen LogP contribution in [0.3, 0.4) is 0 Å². The number of aryl methyl sites for hydroxylation is 2. The van der Waals surface area contributed by atoms with Crippen LogP contribution in [0.25, 0.3) is 17.4 Å². The number of aromatic carboxylic acids is 1. The topological polar surface area (TPSA) is 109 Å². The van der Waals surface area contributed by atoms with E-state index in [0.717, 1.165) is 0 Å². The van der Waals surface area contributed by atoms with Gasteiger partial charge in [0.15, 0.2) is 11.5 Å². The molecule has 3 aromatic heterocycles. The molecule has 0 aliphatic rings. The Balaban J connectivity index is 2.16. The van der Waals surface area contributed by atoms with E-state index in [4.69, 9.17) is 9.63 Å². The fourth-order valence-corrected chi connectivity index (χ4v) is 1.76. The highest BCUT2D eigenvalue weighted by Gasteiger charge is 2.18. The maximum atomic E-state index is 10.9. The molecule has 3 heterocycles. The van der Waals surface area contributed by atoms with Gasteiger partial charge >= 0.3 is 5.97 Å². The Morgan fingerprint density at radius 2 is 2.22 bits per heavy atom. The van der Waals surface area contributed by atoms with Gasteiger partial charge in [-0.15, -0.1) is 0 Å². The van der Waals surface area contributed by atoms with Crippen molar-refractivity contribution in [3.63, 3.8) is 0 Å². The lowest BCUT2D eigenvalue weighted by atomic mass is 10.3. The zero-order chi connectivity index (χ0) is 12.9. The number of hydrogen-bond donors (Lipinski definition) is 2. The van der Waals surface area contributed by atoms with Crippen molar-refractivity contribution in [2.75, 3.05) is 0 Å². The van der Waals surface area contributed by atoms with Crippen LogP contribution in [0, 0.1) is 13.8 Å². The second-order valence-corrected chi connectivity index (χ2v) is 3.86. The van der Waals surface area contributed by atoms with Crippen molar-refractivity contribution in [3.8, 4) is 11.6 Å². The summed E-state index contributed by atoms with van der Waals surface area (Å²) in [4.78, 5) is 21.9. The van der Waals surface area contributed by atoms with E-state index in [1.54, 1.807) is 24.4 Å². The molecule has 0 fully saturated rings. The number of rotatable bonds is 2. The zero-order valence-electron chi connectivity index (χ0n) is 9.63. The van der Waals surface area contributed by atoms with Crippen LogP contribution in [-0.4, -0.2) is 35.6 Å². The van der Waals surface area contributed by atoms with Crippen molar-refractivity contribution in [2.24, 2.45) is 0 Å². The standard InChI is InChI=1S/C10H9N5O3/c1-4-7(9(16)17)13-10-12-6(3-15(4)10)8-11-5(2)14-18-8/h3H,1-2H3,(H,12,13)(H,16,17). The summed E-state index contributed by atoms with van der Waals surface area (Å²) in [7, 11) is 0. The minimum Gasteiger partial charge on any atom is -0.476 e. The summed E-state index contributed by atoms with van der Waals surface area (Å²) in [5.74, 6) is 0.241. The van der Waals surface area contributed by atoms with E-state index in [-0.39, 0.29) is 5.69 Å². The van der Waals surface area contributed by atoms with Gasteiger partial charge in [0.05, 0.1) is 5.69 Å². The highest BCUT2D eigenvalue weighted by molar-refractivity contribution is 5.87. The van der Waals surface area contributed by atoms with E-state index < -0.39 is 5.97 Å². The number of hydrogen-bond acceptors (Lipinski definition) is 5. The molecular formula is C10H9N5O3. The van der Waals surface area contributed by atoms with Crippen LogP contribution in [0.15, 0.2) is 10.7 Å². The van der Waals surface area contributed by atoms with Gasteiger partial charge in [-0.05, 0) is 13.8 Å². The van der Waals surface area contributed by atoms with Crippen LogP contribution in [0.1, 0.15) is 22.0 Å². The SMILES string of the molecule is Cc1noc(-c2cn3c(C)c(C(=O)O)nc3[nH]2)n1.